The van der Waals surface area contributed by atoms with Gasteiger partial charge >= 0.3 is 0 Å². The summed E-state index contributed by atoms with van der Waals surface area (Å²) < 4.78 is 10.9. The molecule has 1 aliphatic heterocycles. The van der Waals surface area contributed by atoms with Crippen molar-refractivity contribution in [3.8, 4) is 11.5 Å². The predicted molar refractivity (Wildman–Crippen MR) is 121 cm³/mol. The number of nitrogens with zero attached hydrogens (tertiary/aromatic N) is 3. The van der Waals surface area contributed by atoms with Gasteiger partial charge in [0.15, 0.2) is 17.5 Å². The number of piperazine rings is 1. The van der Waals surface area contributed by atoms with Gasteiger partial charge in [-0.15, -0.1) is 0 Å². The van der Waals surface area contributed by atoms with Gasteiger partial charge < -0.3 is 29.7 Å². The lowest BCUT2D eigenvalue weighted by Crippen LogP contribution is -2.52. The van der Waals surface area contributed by atoms with Gasteiger partial charge in [-0.2, -0.15) is 0 Å². The van der Waals surface area contributed by atoms with Crippen molar-refractivity contribution >= 4 is 11.6 Å². The van der Waals surface area contributed by atoms with E-state index in [1.54, 1.807) is 7.11 Å². The maximum Gasteiger partial charge on any atom is 0.194 e. The molecule has 1 aliphatic rings. The van der Waals surface area contributed by atoms with Crippen LogP contribution in [0.2, 0.25) is 0 Å². The fourth-order valence-corrected chi connectivity index (χ4v) is 3.49. The molecule has 0 spiro atoms. The molecule has 162 valence electrons. The van der Waals surface area contributed by atoms with E-state index in [9.17, 15) is 0 Å². The molecule has 0 aromatic heterocycles. The zero-order valence-corrected chi connectivity index (χ0v) is 17.9. The van der Waals surface area contributed by atoms with Crippen LogP contribution in [0.25, 0.3) is 0 Å². The molecule has 2 aromatic carbocycles. The molecule has 0 amide bonds. The summed E-state index contributed by atoms with van der Waals surface area (Å²) in [6.07, 6.45) is 0. The van der Waals surface area contributed by atoms with Crippen LogP contribution in [0.4, 0.5) is 5.69 Å². The van der Waals surface area contributed by atoms with Gasteiger partial charge in [-0.3, -0.25) is 0 Å². The second-order valence-corrected chi connectivity index (χ2v) is 7.04. The highest BCUT2D eigenvalue weighted by Crippen LogP contribution is 2.28. The highest BCUT2D eigenvalue weighted by atomic mass is 16.5. The van der Waals surface area contributed by atoms with Crippen LogP contribution in [0.15, 0.2) is 53.5 Å². The van der Waals surface area contributed by atoms with Crippen LogP contribution in [-0.4, -0.2) is 69.0 Å². The Labute approximate surface area is 178 Å². The molecule has 0 saturated carbocycles. The highest BCUT2D eigenvalue weighted by Gasteiger charge is 2.19. The number of anilines is 1. The van der Waals surface area contributed by atoms with Crippen LogP contribution in [-0.2, 0) is 6.54 Å². The van der Waals surface area contributed by atoms with Gasteiger partial charge in [-0.1, -0.05) is 24.3 Å². The number of aliphatic imine (C=N–C) groups is 1. The van der Waals surface area contributed by atoms with Gasteiger partial charge in [0.2, 0.25) is 0 Å². The summed E-state index contributed by atoms with van der Waals surface area (Å²) >= 11 is 0. The van der Waals surface area contributed by atoms with E-state index < -0.39 is 0 Å². The smallest absolute Gasteiger partial charge is 0.194 e. The fourth-order valence-electron chi connectivity index (χ4n) is 3.49. The molecular formula is C23H32N4O3. The predicted octanol–water partition coefficient (Wildman–Crippen LogP) is 2.35. The fraction of sp³-hybridized carbons (Fsp3) is 0.435. The minimum Gasteiger partial charge on any atom is -0.493 e. The summed E-state index contributed by atoms with van der Waals surface area (Å²) in [5.41, 5.74) is 2.32. The van der Waals surface area contributed by atoms with Crippen LogP contribution >= 0.6 is 0 Å². The lowest BCUT2D eigenvalue weighted by molar-refractivity contribution is 0.196. The number of nitrogens with one attached hydrogen (secondary N) is 1. The molecule has 0 bridgehead atoms. The number of benzene rings is 2. The molecule has 2 aromatic rings. The molecule has 7 nitrogen and oxygen atoms in total. The van der Waals surface area contributed by atoms with Crippen molar-refractivity contribution in [2.24, 2.45) is 4.99 Å². The van der Waals surface area contributed by atoms with Crippen molar-refractivity contribution in [2.45, 2.75) is 13.5 Å². The Morgan fingerprint density at radius 2 is 1.83 bits per heavy atom. The summed E-state index contributed by atoms with van der Waals surface area (Å²) in [6, 6.07) is 16.3. The molecule has 0 atom stereocenters. The quantitative estimate of drug-likeness (QED) is 0.512. The summed E-state index contributed by atoms with van der Waals surface area (Å²) in [6.45, 7) is 7.49. The maximum absolute atomic E-state index is 8.95. The second kappa shape index (κ2) is 11.3. The zero-order valence-electron chi connectivity index (χ0n) is 17.9. The Bertz CT molecular complexity index is 805. The molecule has 2 N–H and O–H groups in total. The number of ether oxygens (including phenoxy) is 2. The average molecular weight is 413 g/mol. The van der Waals surface area contributed by atoms with E-state index in [1.165, 1.54) is 5.69 Å². The topological polar surface area (TPSA) is 69.6 Å². The molecule has 0 aliphatic carbocycles. The third kappa shape index (κ3) is 5.79. The Hall–Kier alpha value is -2.93. The second-order valence-electron chi connectivity index (χ2n) is 7.04. The molecular weight excluding hydrogens is 380 g/mol. The summed E-state index contributed by atoms with van der Waals surface area (Å²) in [5, 5.41) is 12.4. The van der Waals surface area contributed by atoms with Crippen molar-refractivity contribution in [1.29, 1.82) is 0 Å². The Morgan fingerprint density at radius 3 is 2.50 bits per heavy atom. The lowest BCUT2D eigenvalue weighted by atomic mass is 10.2. The van der Waals surface area contributed by atoms with E-state index in [0.29, 0.717) is 18.0 Å². The highest BCUT2D eigenvalue weighted by molar-refractivity contribution is 5.80. The van der Waals surface area contributed by atoms with Crippen LogP contribution in [0.5, 0.6) is 11.5 Å². The van der Waals surface area contributed by atoms with Crippen LogP contribution < -0.4 is 19.7 Å². The summed E-state index contributed by atoms with van der Waals surface area (Å²) in [5.74, 6) is 2.21. The van der Waals surface area contributed by atoms with Gasteiger partial charge in [-0.05, 0) is 36.8 Å². The van der Waals surface area contributed by atoms with Gasteiger partial charge in [0.05, 0.1) is 20.3 Å². The van der Waals surface area contributed by atoms with E-state index in [4.69, 9.17) is 19.6 Å². The van der Waals surface area contributed by atoms with E-state index in [0.717, 1.165) is 44.2 Å². The first kappa shape index (κ1) is 21.8. The third-order valence-electron chi connectivity index (χ3n) is 5.02. The summed E-state index contributed by atoms with van der Waals surface area (Å²) in [4.78, 5) is 9.58. The first-order valence-corrected chi connectivity index (χ1v) is 10.5. The maximum atomic E-state index is 8.95. The number of aliphatic hydroxyl groups is 1. The van der Waals surface area contributed by atoms with E-state index in [1.807, 2.05) is 18.2 Å². The molecule has 7 heteroatoms. The molecule has 30 heavy (non-hydrogen) atoms. The largest absolute Gasteiger partial charge is 0.493 e. The van der Waals surface area contributed by atoms with Gasteiger partial charge in [-0.25, -0.2) is 4.99 Å². The first-order chi connectivity index (χ1) is 14.7. The molecule has 0 unspecified atom stereocenters. The SMILES string of the molecule is CCNC(=NCc1ccc(OCCO)c(OC)c1)N1CCN(c2ccccc2)CC1. The van der Waals surface area contributed by atoms with Crippen molar-refractivity contribution in [1.82, 2.24) is 10.2 Å². The number of para-hydroxylation sites is 1. The zero-order chi connectivity index (χ0) is 21.2. The van der Waals surface area contributed by atoms with E-state index >= 15 is 0 Å². The summed E-state index contributed by atoms with van der Waals surface area (Å²) in [7, 11) is 1.62. The Balaban J connectivity index is 1.63. The molecule has 1 heterocycles. The minimum atomic E-state index is -0.0290. The number of guanidine groups is 1. The van der Waals surface area contributed by atoms with Gasteiger partial charge in [0.25, 0.3) is 0 Å². The average Bonchev–Trinajstić information content (AvgIpc) is 2.81. The standard InChI is InChI=1S/C23H32N4O3/c1-3-24-23(27-13-11-26(12-14-27)20-7-5-4-6-8-20)25-18-19-9-10-21(30-16-15-28)22(17-19)29-2/h4-10,17,28H,3,11-16,18H2,1-2H3,(H,24,25). The molecule has 1 fully saturated rings. The number of methoxy groups -OCH3 is 1. The van der Waals surface area contributed by atoms with Gasteiger partial charge in [0, 0.05) is 38.4 Å². The Kier molecular flexibility index (Phi) is 8.20. The first-order valence-electron chi connectivity index (χ1n) is 10.5. The molecule has 0 radical (unpaired) electrons. The van der Waals surface area contributed by atoms with Gasteiger partial charge in [0.1, 0.15) is 6.61 Å². The number of hydrogen-bond acceptors (Lipinski definition) is 5. The monoisotopic (exact) mass is 412 g/mol. The van der Waals surface area contributed by atoms with Crippen molar-refractivity contribution in [2.75, 3.05) is 57.9 Å². The number of aliphatic hydroxyl groups excluding tert-OH is 1. The third-order valence-corrected chi connectivity index (χ3v) is 5.02. The van der Waals surface area contributed by atoms with Crippen LogP contribution in [0, 0.1) is 0 Å². The van der Waals surface area contributed by atoms with Crippen LogP contribution in [0.1, 0.15) is 12.5 Å². The van der Waals surface area contributed by atoms with E-state index in [2.05, 4.69) is 52.4 Å². The van der Waals surface area contributed by atoms with Crippen molar-refractivity contribution < 1.29 is 14.6 Å². The van der Waals surface area contributed by atoms with E-state index in [-0.39, 0.29) is 13.2 Å². The normalized spacial score (nSPS) is 14.6. The van der Waals surface area contributed by atoms with Crippen LogP contribution in [0.3, 0.4) is 0 Å². The number of rotatable bonds is 8. The molecule has 3 rings (SSSR count). The molecule has 1 saturated heterocycles. The van der Waals surface area contributed by atoms with Crippen molar-refractivity contribution in [3.63, 3.8) is 0 Å². The Morgan fingerprint density at radius 1 is 1.07 bits per heavy atom. The lowest BCUT2D eigenvalue weighted by Gasteiger charge is -2.37. The number of hydrogen-bond donors (Lipinski definition) is 2. The minimum absolute atomic E-state index is 0.0290. The van der Waals surface area contributed by atoms with Crippen molar-refractivity contribution in [3.05, 3.63) is 54.1 Å².